The van der Waals surface area contributed by atoms with E-state index >= 15 is 0 Å². The standard InChI is InChI=1S/C25H31F3O7/c1-14(25(26,27)28)24(6,12-15-10-8-7-9-11-15)21(29)32-18-17(16-13-30-22(2,3)33-16)31-20-19(18)34-23(4,5)35-20/h7-11,16-20H,1,12-13H2,2-6H3/t16-,17-,18+,19-,20-,24?/m1/s1. The summed E-state index contributed by atoms with van der Waals surface area (Å²) < 4.78 is 76.5. The van der Waals surface area contributed by atoms with Crippen molar-refractivity contribution in [1.82, 2.24) is 0 Å². The Morgan fingerprint density at radius 3 is 2.29 bits per heavy atom. The second-order valence-corrected chi connectivity index (χ2v) is 10.3. The van der Waals surface area contributed by atoms with Crippen LogP contribution in [0.15, 0.2) is 42.5 Å². The van der Waals surface area contributed by atoms with Gasteiger partial charge in [-0.25, -0.2) is 0 Å². The average Bonchev–Trinajstić information content (AvgIpc) is 3.36. The number of rotatable bonds is 6. The second-order valence-electron chi connectivity index (χ2n) is 10.3. The summed E-state index contributed by atoms with van der Waals surface area (Å²) >= 11 is 0. The number of alkyl halides is 3. The van der Waals surface area contributed by atoms with Crippen LogP contribution < -0.4 is 0 Å². The van der Waals surface area contributed by atoms with E-state index < -0.39 is 65.4 Å². The first kappa shape index (κ1) is 26.1. The number of carbonyl (C=O) groups is 1. The lowest BCUT2D eigenvalue weighted by Crippen LogP contribution is -2.48. The molecule has 1 unspecified atom stereocenters. The Morgan fingerprint density at radius 1 is 1.06 bits per heavy atom. The van der Waals surface area contributed by atoms with Gasteiger partial charge >= 0.3 is 12.1 Å². The molecular formula is C25H31F3O7. The molecule has 6 atom stereocenters. The van der Waals surface area contributed by atoms with E-state index in [0.29, 0.717) is 5.56 Å². The van der Waals surface area contributed by atoms with Gasteiger partial charge < -0.3 is 28.4 Å². The first-order valence-electron chi connectivity index (χ1n) is 11.5. The third kappa shape index (κ3) is 5.27. The zero-order valence-corrected chi connectivity index (χ0v) is 20.4. The minimum Gasteiger partial charge on any atom is -0.456 e. The first-order valence-corrected chi connectivity index (χ1v) is 11.5. The van der Waals surface area contributed by atoms with Crippen LogP contribution in [0, 0.1) is 5.41 Å². The van der Waals surface area contributed by atoms with Crippen molar-refractivity contribution in [2.75, 3.05) is 6.61 Å². The summed E-state index contributed by atoms with van der Waals surface area (Å²) in [7, 11) is 0. The molecule has 35 heavy (non-hydrogen) atoms. The highest BCUT2D eigenvalue weighted by Crippen LogP contribution is 2.45. The lowest BCUT2D eigenvalue weighted by molar-refractivity contribution is -0.236. The fourth-order valence-electron chi connectivity index (χ4n) is 4.69. The summed E-state index contributed by atoms with van der Waals surface area (Å²) in [6.45, 7) is 11.4. The number of ether oxygens (including phenoxy) is 6. The van der Waals surface area contributed by atoms with E-state index in [1.807, 2.05) is 0 Å². The van der Waals surface area contributed by atoms with Crippen LogP contribution in [0.25, 0.3) is 0 Å². The topological polar surface area (TPSA) is 72.5 Å². The molecule has 0 amide bonds. The number of halogens is 3. The summed E-state index contributed by atoms with van der Waals surface area (Å²) in [5.74, 6) is -3.01. The van der Waals surface area contributed by atoms with Gasteiger partial charge in [0.15, 0.2) is 30.1 Å². The monoisotopic (exact) mass is 500 g/mol. The van der Waals surface area contributed by atoms with Gasteiger partial charge in [-0.15, -0.1) is 0 Å². The lowest BCUT2D eigenvalue weighted by Gasteiger charge is -2.34. The summed E-state index contributed by atoms with van der Waals surface area (Å²) in [5.41, 5.74) is -2.76. The van der Waals surface area contributed by atoms with E-state index in [4.69, 9.17) is 28.4 Å². The minimum atomic E-state index is -4.81. The molecule has 194 valence electrons. The number of carbonyl (C=O) groups excluding carboxylic acids is 1. The zero-order chi connectivity index (χ0) is 25.8. The second kappa shape index (κ2) is 8.85. The Labute approximate surface area is 202 Å². The van der Waals surface area contributed by atoms with Crippen molar-refractivity contribution < 1.29 is 46.4 Å². The molecule has 1 aromatic rings. The van der Waals surface area contributed by atoms with Crippen LogP contribution in [0.3, 0.4) is 0 Å². The Balaban J connectivity index is 1.63. The van der Waals surface area contributed by atoms with Gasteiger partial charge in [-0.2, -0.15) is 13.2 Å². The first-order chi connectivity index (χ1) is 16.1. The van der Waals surface area contributed by atoms with Crippen LogP contribution in [0.4, 0.5) is 13.2 Å². The summed E-state index contributed by atoms with van der Waals surface area (Å²) in [4.78, 5) is 13.5. The minimum absolute atomic E-state index is 0.144. The Morgan fingerprint density at radius 2 is 1.71 bits per heavy atom. The fourth-order valence-corrected chi connectivity index (χ4v) is 4.69. The molecule has 3 fully saturated rings. The van der Waals surface area contributed by atoms with Crippen LogP contribution >= 0.6 is 0 Å². The summed E-state index contributed by atoms with van der Waals surface area (Å²) in [5, 5.41) is 0. The molecule has 1 aromatic carbocycles. The number of benzene rings is 1. The summed E-state index contributed by atoms with van der Waals surface area (Å²) in [6.07, 6.45) is -9.40. The molecule has 0 bridgehead atoms. The normalized spacial score (nSPS) is 33.2. The number of fused-ring (bicyclic) bond motifs is 1. The predicted octanol–water partition coefficient (Wildman–Crippen LogP) is 4.29. The van der Waals surface area contributed by atoms with Crippen LogP contribution in [-0.2, 0) is 39.6 Å². The zero-order valence-electron chi connectivity index (χ0n) is 20.4. The van der Waals surface area contributed by atoms with Crippen molar-refractivity contribution in [1.29, 1.82) is 0 Å². The van der Waals surface area contributed by atoms with Gasteiger partial charge in [-0.1, -0.05) is 36.9 Å². The van der Waals surface area contributed by atoms with Crippen molar-refractivity contribution in [2.45, 2.75) is 89.5 Å². The molecule has 0 aliphatic carbocycles. The molecule has 0 aromatic heterocycles. The summed E-state index contributed by atoms with van der Waals surface area (Å²) in [6, 6.07) is 8.41. The van der Waals surface area contributed by atoms with E-state index in [1.165, 1.54) is 6.92 Å². The van der Waals surface area contributed by atoms with Crippen molar-refractivity contribution in [2.24, 2.45) is 5.41 Å². The third-order valence-electron chi connectivity index (χ3n) is 6.53. The molecule has 4 rings (SSSR count). The molecule has 0 N–H and O–H groups in total. The highest BCUT2D eigenvalue weighted by Gasteiger charge is 2.61. The lowest BCUT2D eigenvalue weighted by atomic mass is 9.77. The van der Waals surface area contributed by atoms with E-state index in [-0.39, 0.29) is 13.0 Å². The van der Waals surface area contributed by atoms with Gasteiger partial charge in [0.25, 0.3) is 0 Å². The molecule has 7 nitrogen and oxygen atoms in total. The molecule has 0 saturated carbocycles. The number of hydrogen-bond donors (Lipinski definition) is 0. The average molecular weight is 501 g/mol. The van der Waals surface area contributed by atoms with Crippen LogP contribution in [0.2, 0.25) is 0 Å². The fraction of sp³-hybridized carbons (Fsp3) is 0.640. The van der Waals surface area contributed by atoms with Gasteiger partial charge in [0.2, 0.25) is 0 Å². The van der Waals surface area contributed by atoms with Crippen LogP contribution in [-0.4, -0.2) is 61.0 Å². The molecule has 3 aliphatic heterocycles. The van der Waals surface area contributed by atoms with Gasteiger partial charge in [0.05, 0.1) is 12.0 Å². The molecular weight excluding hydrogens is 469 g/mol. The maximum Gasteiger partial charge on any atom is 0.413 e. The Hall–Kier alpha value is -1.98. The highest BCUT2D eigenvalue weighted by atomic mass is 19.4. The highest BCUT2D eigenvalue weighted by molar-refractivity contribution is 5.81. The van der Waals surface area contributed by atoms with Crippen molar-refractivity contribution in [3.8, 4) is 0 Å². The molecule has 3 aliphatic rings. The van der Waals surface area contributed by atoms with Crippen LogP contribution in [0.5, 0.6) is 0 Å². The Kier molecular flexibility index (Phi) is 6.59. The van der Waals surface area contributed by atoms with Gasteiger partial charge in [-0.3, -0.25) is 4.79 Å². The molecule has 0 spiro atoms. The van der Waals surface area contributed by atoms with E-state index in [1.54, 1.807) is 58.0 Å². The molecule has 3 heterocycles. The third-order valence-corrected chi connectivity index (χ3v) is 6.53. The quantitative estimate of drug-likeness (QED) is 0.426. The van der Waals surface area contributed by atoms with Crippen molar-refractivity contribution in [3.05, 3.63) is 48.0 Å². The van der Waals surface area contributed by atoms with E-state index in [2.05, 4.69) is 6.58 Å². The molecule has 3 saturated heterocycles. The van der Waals surface area contributed by atoms with E-state index in [9.17, 15) is 18.0 Å². The maximum absolute atomic E-state index is 13.8. The number of hydrogen-bond acceptors (Lipinski definition) is 7. The molecule has 0 radical (unpaired) electrons. The van der Waals surface area contributed by atoms with Gasteiger partial charge in [0, 0.05) is 5.57 Å². The predicted molar refractivity (Wildman–Crippen MR) is 117 cm³/mol. The van der Waals surface area contributed by atoms with Crippen molar-refractivity contribution in [3.63, 3.8) is 0 Å². The molecule has 10 heteroatoms. The van der Waals surface area contributed by atoms with E-state index in [0.717, 1.165) is 0 Å². The SMILES string of the molecule is C=C(C(F)(F)F)C(C)(Cc1ccccc1)C(=O)O[C@@H]1[C@H]2OC(C)(C)O[C@H]2O[C@@H]1[C@H]1COC(C)(C)O1. The largest absolute Gasteiger partial charge is 0.456 e. The van der Waals surface area contributed by atoms with Crippen molar-refractivity contribution >= 4 is 5.97 Å². The van der Waals surface area contributed by atoms with Crippen LogP contribution in [0.1, 0.15) is 40.2 Å². The maximum atomic E-state index is 13.8. The Bertz CT molecular complexity index is 962. The van der Waals surface area contributed by atoms with Gasteiger partial charge in [0.1, 0.15) is 12.2 Å². The smallest absolute Gasteiger partial charge is 0.413 e. The number of esters is 1. The van der Waals surface area contributed by atoms with Gasteiger partial charge in [-0.05, 0) is 46.6 Å².